The quantitative estimate of drug-likeness (QED) is 0.806. The fourth-order valence-electron chi connectivity index (χ4n) is 3.10. The Labute approximate surface area is 140 Å². The predicted molar refractivity (Wildman–Crippen MR) is 93.7 cm³/mol. The Morgan fingerprint density at radius 2 is 1.79 bits per heavy atom. The number of amides is 2. The number of rotatable bonds is 3. The molecule has 4 rings (SSSR count). The largest absolute Gasteiger partial charge is 0.329 e. The lowest BCUT2D eigenvalue weighted by molar-refractivity contribution is 0.165. The van der Waals surface area contributed by atoms with Crippen LogP contribution in [-0.4, -0.2) is 33.6 Å². The molecule has 5 nitrogen and oxygen atoms in total. The Morgan fingerprint density at radius 1 is 1.08 bits per heavy atom. The van der Waals surface area contributed by atoms with E-state index < -0.39 is 0 Å². The number of urea groups is 1. The van der Waals surface area contributed by atoms with Gasteiger partial charge in [-0.25, -0.2) is 9.78 Å². The maximum absolute atomic E-state index is 12.5. The number of imidazole rings is 1. The normalized spacial score (nSPS) is 15.1. The second-order valence-corrected chi connectivity index (χ2v) is 6.15. The summed E-state index contributed by atoms with van der Waals surface area (Å²) in [6, 6.07) is 17.7. The van der Waals surface area contributed by atoms with Crippen LogP contribution in [0.2, 0.25) is 0 Å². The van der Waals surface area contributed by atoms with Gasteiger partial charge in [0, 0.05) is 20.1 Å². The van der Waals surface area contributed by atoms with E-state index >= 15 is 0 Å². The lowest BCUT2D eigenvalue weighted by Gasteiger charge is -2.32. The zero-order chi connectivity index (χ0) is 16.5. The fraction of sp³-hybridized carbons (Fsp3) is 0.263. The minimum Gasteiger partial charge on any atom is -0.329 e. The van der Waals surface area contributed by atoms with Gasteiger partial charge >= 0.3 is 6.03 Å². The van der Waals surface area contributed by atoms with Gasteiger partial charge in [0.25, 0.3) is 0 Å². The van der Waals surface area contributed by atoms with Gasteiger partial charge < -0.3 is 14.8 Å². The van der Waals surface area contributed by atoms with Crippen molar-refractivity contribution in [1.82, 2.24) is 19.8 Å². The van der Waals surface area contributed by atoms with Gasteiger partial charge in [0.15, 0.2) is 0 Å². The molecule has 1 saturated heterocycles. The van der Waals surface area contributed by atoms with Crippen LogP contribution in [-0.2, 0) is 7.05 Å². The maximum atomic E-state index is 12.5. The molecule has 0 bridgehead atoms. The molecule has 1 aliphatic rings. The topological polar surface area (TPSA) is 50.2 Å². The number of carbonyl (C=O) groups is 1. The molecule has 1 fully saturated rings. The van der Waals surface area contributed by atoms with Crippen molar-refractivity contribution in [3.8, 4) is 0 Å². The van der Waals surface area contributed by atoms with Crippen LogP contribution >= 0.6 is 0 Å². The molecular weight excluding hydrogens is 300 g/mol. The van der Waals surface area contributed by atoms with Gasteiger partial charge in [-0.05, 0) is 24.1 Å². The molecule has 0 unspecified atom stereocenters. The van der Waals surface area contributed by atoms with Gasteiger partial charge in [-0.3, -0.25) is 0 Å². The lowest BCUT2D eigenvalue weighted by Crippen LogP contribution is -2.49. The van der Waals surface area contributed by atoms with Crippen LogP contribution in [0, 0.1) is 0 Å². The molecule has 1 atom stereocenters. The first-order valence-corrected chi connectivity index (χ1v) is 8.26. The molecule has 2 heterocycles. The molecular formula is C19H20N4O. The Hall–Kier alpha value is -2.82. The third-order valence-electron chi connectivity index (χ3n) is 4.62. The van der Waals surface area contributed by atoms with Crippen LogP contribution in [0.3, 0.4) is 0 Å². The van der Waals surface area contributed by atoms with Crippen LogP contribution < -0.4 is 5.32 Å². The predicted octanol–water partition coefficient (Wildman–Crippen LogP) is 3.08. The van der Waals surface area contributed by atoms with E-state index in [-0.39, 0.29) is 12.1 Å². The summed E-state index contributed by atoms with van der Waals surface area (Å²) in [4.78, 5) is 19.1. The molecule has 24 heavy (non-hydrogen) atoms. The van der Waals surface area contributed by atoms with E-state index in [2.05, 4.69) is 9.88 Å². The highest BCUT2D eigenvalue weighted by molar-refractivity contribution is 5.78. The van der Waals surface area contributed by atoms with Crippen molar-refractivity contribution >= 4 is 17.1 Å². The van der Waals surface area contributed by atoms with Crippen LogP contribution in [0.1, 0.15) is 23.9 Å². The number of likely N-dealkylation sites (tertiary alicyclic amines) is 1. The highest BCUT2D eigenvalue weighted by Crippen LogP contribution is 2.25. The number of benzene rings is 2. The molecule has 5 heteroatoms. The van der Waals surface area contributed by atoms with E-state index in [0.29, 0.717) is 0 Å². The number of fused-ring (bicyclic) bond motifs is 1. The van der Waals surface area contributed by atoms with Gasteiger partial charge in [-0.1, -0.05) is 42.5 Å². The molecule has 0 spiro atoms. The average Bonchev–Trinajstić information content (AvgIpc) is 2.89. The van der Waals surface area contributed by atoms with E-state index in [4.69, 9.17) is 4.98 Å². The van der Waals surface area contributed by atoms with Crippen molar-refractivity contribution in [2.24, 2.45) is 7.05 Å². The summed E-state index contributed by atoms with van der Waals surface area (Å²) in [5.41, 5.74) is 3.03. The highest BCUT2D eigenvalue weighted by atomic mass is 16.2. The molecule has 0 aliphatic carbocycles. The molecule has 0 saturated carbocycles. The molecule has 1 N–H and O–H groups in total. The molecule has 3 aromatic rings. The third-order valence-corrected chi connectivity index (χ3v) is 4.62. The number of para-hydroxylation sites is 2. The molecule has 122 valence electrons. The zero-order valence-electron chi connectivity index (χ0n) is 13.6. The standard InChI is InChI=1S/C19H20N4O/c1-22-16-11-6-5-10-15(16)20-18(22)17(14-8-3-2-4-9-14)21-19(24)23-12-7-13-23/h2-6,8-11,17H,7,12-13H2,1H3,(H,21,24)/t17-/m1/s1. The first-order valence-electron chi connectivity index (χ1n) is 8.26. The minimum atomic E-state index is -0.267. The van der Waals surface area contributed by atoms with Crippen molar-refractivity contribution in [2.75, 3.05) is 13.1 Å². The first kappa shape index (κ1) is 14.8. The molecule has 2 amide bonds. The Kier molecular flexibility index (Phi) is 3.69. The fourth-order valence-corrected chi connectivity index (χ4v) is 3.10. The second-order valence-electron chi connectivity index (χ2n) is 6.15. The van der Waals surface area contributed by atoms with E-state index in [1.165, 1.54) is 0 Å². The first-order chi connectivity index (χ1) is 11.7. The van der Waals surface area contributed by atoms with Gasteiger partial charge in [0.2, 0.25) is 0 Å². The Morgan fingerprint density at radius 3 is 2.46 bits per heavy atom. The third kappa shape index (κ3) is 2.52. The molecule has 1 aromatic heterocycles. The number of carbonyl (C=O) groups excluding carboxylic acids is 1. The monoisotopic (exact) mass is 320 g/mol. The average molecular weight is 320 g/mol. The van der Waals surface area contributed by atoms with E-state index in [9.17, 15) is 4.79 Å². The van der Waals surface area contributed by atoms with Gasteiger partial charge in [0.1, 0.15) is 11.9 Å². The summed E-state index contributed by atoms with van der Waals surface area (Å²) in [6.45, 7) is 1.66. The van der Waals surface area contributed by atoms with Gasteiger partial charge in [0.05, 0.1) is 11.0 Å². The van der Waals surface area contributed by atoms with Crippen molar-refractivity contribution in [1.29, 1.82) is 0 Å². The van der Waals surface area contributed by atoms with Crippen LogP contribution in [0.4, 0.5) is 4.79 Å². The number of hydrogen-bond acceptors (Lipinski definition) is 2. The summed E-state index contributed by atoms with van der Waals surface area (Å²) >= 11 is 0. The molecule has 2 aromatic carbocycles. The number of nitrogens with zero attached hydrogens (tertiary/aromatic N) is 3. The number of hydrogen-bond donors (Lipinski definition) is 1. The van der Waals surface area contributed by atoms with Crippen molar-refractivity contribution < 1.29 is 4.79 Å². The Balaban J connectivity index is 1.76. The summed E-state index contributed by atoms with van der Waals surface area (Å²) in [5.74, 6) is 0.844. The number of nitrogens with one attached hydrogen (secondary N) is 1. The van der Waals surface area contributed by atoms with E-state index in [0.717, 1.165) is 41.9 Å². The van der Waals surface area contributed by atoms with E-state index in [1.54, 1.807) is 0 Å². The lowest BCUT2D eigenvalue weighted by atomic mass is 10.1. The van der Waals surface area contributed by atoms with Crippen molar-refractivity contribution in [3.05, 3.63) is 66.0 Å². The smallest absolute Gasteiger partial charge is 0.318 e. The van der Waals surface area contributed by atoms with Gasteiger partial charge in [-0.15, -0.1) is 0 Å². The minimum absolute atomic E-state index is 0.0258. The molecule has 1 aliphatic heterocycles. The summed E-state index contributed by atoms with van der Waals surface area (Å²) in [6.07, 6.45) is 1.08. The number of aryl methyl sites for hydroxylation is 1. The van der Waals surface area contributed by atoms with Crippen molar-refractivity contribution in [2.45, 2.75) is 12.5 Å². The molecule has 0 radical (unpaired) electrons. The summed E-state index contributed by atoms with van der Waals surface area (Å²) in [5, 5.41) is 3.16. The van der Waals surface area contributed by atoms with Crippen LogP contribution in [0.15, 0.2) is 54.6 Å². The van der Waals surface area contributed by atoms with Crippen molar-refractivity contribution in [3.63, 3.8) is 0 Å². The second kappa shape index (κ2) is 6.00. The van der Waals surface area contributed by atoms with Crippen LogP contribution in [0.5, 0.6) is 0 Å². The number of aromatic nitrogens is 2. The van der Waals surface area contributed by atoms with E-state index in [1.807, 2.05) is 66.5 Å². The maximum Gasteiger partial charge on any atom is 0.318 e. The SMILES string of the molecule is Cn1c([C@H](NC(=O)N2CCC2)c2ccccc2)nc2ccccc21. The van der Waals surface area contributed by atoms with Gasteiger partial charge in [-0.2, -0.15) is 0 Å². The summed E-state index contributed by atoms with van der Waals surface area (Å²) < 4.78 is 2.06. The Bertz CT molecular complexity index is 867. The zero-order valence-corrected chi connectivity index (χ0v) is 13.6. The highest BCUT2D eigenvalue weighted by Gasteiger charge is 2.27. The summed E-state index contributed by atoms with van der Waals surface area (Å²) in [7, 11) is 2.00. The van der Waals surface area contributed by atoms with Crippen LogP contribution in [0.25, 0.3) is 11.0 Å².